The van der Waals surface area contributed by atoms with Gasteiger partial charge >= 0.3 is 6.18 Å². The third-order valence-electron chi connectivity index (χ3n) is 6.29. The standard InChI is InChI=1S/C23H23ClF3N5O2/c24-19-20(22(33)31-10-8-30(9-11-31)14-15-5-2-1-3-6-15)29-32-18(23(25,26)27)13-16(28-21(19)32)17-7-4-12-34-17/h1-7,12,16,18,28H,8-11,13-14H2/t16-,18+/m0/s1. The molecule has 34 heavy (non-hydrogen) atoms. The minimum atomic E-state index is -4.57. The first-order valence-electron chi connectivity index (χ1n) is 11.0. The summed E-state index contributed by atoms with van der Waals surface area (Å²) in [6, 6.07) is 10.6. The van der Waals surface area contributed by atoms with Crippen molar-refractivity contribution in [2.45, 2.75) is 31.2 Å². The summed E-state index contributed by atoms with van der Waals surface area (Å²) in [5.74, 6) is -0.133. The number of nitrogens with zero attached hydrogens (tertiary/aromatic N) is 4. The zero-order valence-electron chi connectivity index (χ0n) is 18.1. The molecular weight excluding hydrogens is 471 g/mol. The van der Waals surface area contributed by atoms with Gasteiger partial charge < -0.3 is 14.6 Å². The molecule has 0 aliphatic carbocycles. The van der Waals surface area contributed by atoms with Crippen LogP contribution in [0.2, 0.25) is 5.02 Å². The summed E-state index contributed by atoms with van der Waals surface area (Å²) in [5, 5.41) is 6.91. The van der Waals surface area contributed by atoms with Crippen LogP contribution in [0.5, 0.6) is 0 Å². The van der Waals surface area contributed by atoms with Gasteiger partial charge in [-0.15, -0.1) is 0 Å². The van der Waals surface area contributed by atoms with E-state index in [1.807, 2.05) is 30.3 Å². The molecule has 180 valence electrons. The number of rotatable bonds is 4. The van der Waals surface area contributed by atoms with Gasteiger partial charge in [0, 0.05) is 39.1 Å². The fourth-order valence-electron chi connectivity index (χ4n) is 4.50. The van der Waals surface area contributed by atoms with Crippen molar-refractivity contribution in [3.63, 3.8) is 0 Å². The predicted octanol–water partition coefficient (Wildman–Crippen LogP) is 4.75. The van der Waals surface area contributed by atoms with Crippen LogP contribution in [0.3, 0.4) is 0 Å². The average Bonchev–Trinajstić information content (AvgIpc) is 3.47. The molecule has 4 heterocycles. The number of anilines is 1. The molecule has 0 radical (unpaired) electrons. The SMILES string of the molecule is O=C(c1nn2c(c1Cl)N[C@H](c1ccco1)C[C@@H]2C(F)(F)F)N1CCN(Cc2ccccc2)CC1. The summed E-state index contributed by atoms with van der Waals surface area (Å²) in [5.41, 5.74) is 1.01. The first-order valence-corrected chi connectivity index (χ1v) is 11.4. The number of alkyl halides is 3. The van der Waals surface area contributed by atoms with Gasteiger partial charge in [-0.1, -0.05) is 41.9 Å². The largest absolute Gasteiger partial charge is 0.467 e. The summed E-state index contributed by atoms with van der Waals surface area (Å²) >= 11 is 6.43. The minimum Gasteiger partial charge on any atom is -0.467 e. The Balaban J connectivity index is 1.34. The molecule has 2 aliphatic heterocycles. The highest BCUT2D eigenvalue weighted by molar-refractivity contribution is 6.36. The molecule has 3 aromatic rings. The van der Waals surface area contributed by atoms with Crippen molar-refractivity contribution < 1.29 is 22.4 Å². The Bertz CT molecular complexity index is 1140. The Morgan fingerprint density at radius 3 is 2.50 bits per heavy atom. The third-order valence-corrected chi connectivity index (χ3v) is 6.65. The molecule has 1 aromatic carbocycles. The van der Waals surface area contributed by atoms with E-state index >= 15 is 0 Å². The Morgan fingerprint density at radius 1 is 1.12 bits per heavy atom. The molecule has 5 rings (SSSR count). The van der Waals surface area contributed by atoms with Gasteiger partial charge in [0.25, 0.3) is 5.91 Å². The van der Waals surface area contributed by atoms with Crippen molar-refractivity contribution in [1.82, 2.24) is 19.6 Å². The lowest BCUT2D eigenvalue weighted by molar-refractivity contribution is -0.174. The van der Waals surface area contributed by atoms with E-state index in [0.29, 0.717) is 31.9 Å². The highest BCUT2D eigenvalue weighted by atomic mass is 35.5. The maximum Gasteiger partial charge on any atom is 0.410 e. The number of halogens is 4. The van der Waals surface area contributed by atoms with Crippen LogP contribution < -0.4 is 5.32 Å². The molecule has 11 heteroatoms. The van der Waals surface area contributed by atoms with Gasteiger partial charge in [-0.2, -0.15) is 18.3 Å². The van der Waals surface area contributed by atoms with Crippen LogP contribution in [0.25, 0.3) is 0 Å². The van der Waals surface area contributed by atoms with Crippen LogP contribution in [0.15, 0.2) is 53.1 Å². The van der Waals surface area contributed by atoms with E-state index < -0.39 is 24.2 Å². The van der Waals surface area contributed by atoms with Gasteiger partial charge in [0.1, 0.15) is 16.6 Å². The minimum absolute atomic E-state index is 0.0253. The van der Waals surface area contributed by atoms with Gasteiger partial charge in [-0.25, -0.2) is 4.68 Å². The van der Waals surface area contributed by atoms with Crippen molar-refractivity contribution in [3.05, 3.63) is 70.8 Å². The number of furan rings is 1. The van der Waals surface area contributed by atoms with Gasteiger partial charge in [0.05, 0.1) is 12.3 Å². The molecule has 0 bridgehead atoms. The monoisotopic (exact) mass is 493 g/mol. The van der Waals surface area contributed by atoms with Crippen molar-refractivity contribution in [2.75, 3.05) is 31.5 Å². The highest BCUT2D eigenvalue weighted by Gasteiger charge is 2.48. The maximum atomic E-state index is 13.9. The van der Waals surface area contributed by atoms with Gasteiger partial charge in [0.15, 0.2) is 11.7 Å². The number of fused-ring (bicyclic) bond motifs is 1. The molecular formula is C23H23ClF3N5O2. The summed E-state index contributed by atoms with van der Waals surface area (Å²) in [6.45, 7) is 2.95. The zero-order valence-corrected chi connectivity index (χ0v) is 18.9. The van der Waals surface area contributed by atoms with Crippen LogP contribution in [0.1, 0.15) is 40.3 Å². The van der Waals surface area contributed by atoms with Gasteiger partial charge in [-0.3, -0.25) is 9.69 Å². The molecule has 2 atom stereocenters. The van der Waals surface area contributed by atoms with Crippen LogP contribution in [0, 0.1) is 0 Å². The molecule has 1 N–H and O–H groups in total. The fraction of sp³-hybridized carbons (Fsp3) is 0.391. The molecule has 1 amide bonds. The number of hydrogen-bond donors (Lipinski definition) is 1. The van der Waals surface area contributed by atoms with E-state index in [4.69, 9.17) is 16.0 Å². The fourth-order valence-corrected chi connectivity index (χ4v) is 4.76. The molecule has 0 spiro atoms. The average molecular weight is 494 g/mol. The van der Waals surface area contributed by atoms with Gasteiger partial charge in [-0.05, 0) is 17.7 Å². The molecule has 1 fully saturated rings. The van der Waals surface area contributed by atoms with E-state index in [2.05, 4.69) is 15.3 Å². The number of hydrogen-bond acceptors (Lipinski definition) is 5. The van der Waals surface area contributed by atoms with E-state index in [9.17, 15) is 18.0 Å². The summed E-state index contributed by atoms with van der Waals surface area (Å²) in [7, 11) is 0. The predicted molar refractivity (Wildman–Crippen MR) is 120 cm³/mol. The Kier molecular flexibility index (Phi) is 6.03. The van der Waals surface area contributed by atoms with Crippen LogP contribution in [-0.4, -0.2) is 57.8 Å². The number of nitrogens with one attached hydrogen (secondary N) is 1. The summed E-state index contributed by atoms with van der Waals surface area (Å²) < 4.78 is 47.8. The van der Waals surface area contributed by atoms with Gasteiger partial charge in [0.2, 0.25) is 0 Å². The van der Waals surface area contributed by atoms with E-state index in [0.717, 1.165) is 11.2 Å². The van der Waals surface area contributed by atoms with Crippen molar-refractivity contribution in [3.8, 4) is 0 Å². The summed E-state index contributed by atoms with van der Waals surface area (Å²) in [6.07, 6.45) is -3.49. The Hall–Kier alpha value is -2.98. The number of benzene rings is 1. The quantitative estimate of drug-likeness (QED) is 0.568. The molecule has 7 nitrogen and oxygen atoms in total. The number of aromatic nitrogens is 2. The molecule has 2 aromatic heterocycles. The number of amides is 1. The van der Waals surface area contributed by atoms with Crippen LogP contribution in [-0.2, 0) is 6.54 Å². The third kappa shape index (κ3) is 4.39. The second-order valence-electron chi connectivity index (χ2n) is 8.52. The highest BCUT2D eigenvalue weighted by Crippen LogP contribution is 2.46. The second kappa shape index (κ2) is 8.99. The van der Waals surface area contributed by atoms with Crippen molar-refractivity contribution >= 4 is 23.3 Å². The van der Waals surface area contributed by atoms with Crippen molar-refractivity contribution in [1.29, 1.82) is 0 Å². The lowest BCUT2D eigenvalue weighted by atomic mass is 10.0. The normalized spacial score (nSPS) is 21.2. The van der Waals surface area contributed by atoms with E-state index in [1.165, 1.54) is 11.8 Å². The van der Waals surface area contributed by atoms with Crippen LogP contribution in [0.4, 0.5) is 19.0 Å². The lowest BCUT2D eigenvalue weighted by Crippen LogP contribution is -2.48. The van der Waals surface area contributed by atoms with E-state index in [-0.39, 0.29) is 23.0 Å². The Morgan fingerprint density at radius 2 is 1.85 bits per heavy atom. The molecule has 2 aliphatic rings. The first kappa shape index (κ1) is 22.8. The van der Waals surface area contributed by atoms with Crippen molar-refractivity contribution in [2.24, 2.45) is 0 Å². The van der Waals surface area contributed by atoms with E-state index in [1.54, 1.807) is 17.0 Å². The zero-order chi connectivity index (χ0) is 23.9. The smallest absolute Gasteiger partial charge is 0.410 e. The first-order chi connectivity index (χ1) is 16.3. The maximum absolute atomic E-state index is 13.9. The summed E-state index contributed by atoms with van der Waals surface area (Å²) in [4.78, 5) is 17.0. The topological polar surface area (TPSA) is 66.5 Å². The lowest BCUT2D eigenvalue weighted by Gasteiger charge is -2.34. The number of carbonyl (C=O) groups is 1. The Labute approximate surface area is 199 Å². The molecule has 0 unspecified atom stereocenters. The number of carbonyl (C=O) groups excluding carboxylic acids is 1. The van der Waals surface area contributed by atoms with Crippen LogP contribution >= 0.6 is 11.6 Å². The molecule has 0 saturated carbocycles. The number of piperazine rings is 1. The molecule has 1 saturated heterocycles. The second-order valence-corrected chi connectivity index (χ2v) is 8.89.